The summed E-state index contributed by atoms with van der Waals surface area (Å²) in [5.41, 5.74) is 1.02. The molecule has 0 aromatic carbocycles. The number of rotatable bonds is 6. The van der Waals surface area contributed by atoms with Crippen LogP contribution in [-0.2, 0) is 10.3 Å². The lowest BCUT2D eigenvalue weighted by molar-refractivity contribution is 0.0820. The van der Waals surface area contributed by atoms with Gasteiger partial charge in [0.05, 0.1) is 17.8 Å². The highest BCUT2D eigenvalue weighted by atomic mass is 32.1. The molecule has 17 heavy (non-hydrogen) atoms. The number of nitrogens with one attached hydrogen (secondary N) is 1. The zero-order chi connectivity index (χ0) is 12.5. The van der Waals surface area contributed by atoms with Crippen molar-refractivity contribution in [2.24, 2.45) is 0 Å². The molecule has 0 saturated heterocycles. The Hall–Kier alpha value is -0.450. The third-order valence-corrected chi connectivity index (χ3v) is 4.53. The van der Waals surface area contributed by atoms with Gasteiger partial charge >= 0.3 is 0 Å². The molecule has 1 fully saturated rings. The first-order valence-electron chi connectivity index (χ1n) is 6.35. The van der Waals surface area contributed by atoms with Gasteiger partial charge in [0.1, 0.15) is 5.01 Å². The molecular weight excluding hydrogens is 232 g/mol. The van der Waals surface area contributed by atoms with Gasteiger partial charge in [0, 0.05) is 17.5 Å². The molecule has 1 aromatic rings. The van der Waals surface area contributed by atoms with Crippen molar-refractivity contribution < 1.29 is 4.74 Å². The lowest BCUT2D eigenvalue weighted by Gasteiger charge is -2.28. The van der Waals surface area contributed by atoms with Crippen molar-refractivity contribution in [3.63, 3.8) is 0 Å². The van der Waals surface area contributed by atoms with Gasteiger partial charge in [-0.1, -0.05) is 0 Å². The van der Waals surface area contributed by atoms with Crippen LogP contribution in [0.1, 0.15) is 42.3 Å². The molecule has 4 heteroatoms. The van der Waals surface area contributed by atoms with Crippen molar-refractivity contribution in [3.8, 4) is 0 Å². The van der Waals surface area contributed by atoms with E-state index >= 15 is 0 Å². The molecule has 0 aliphatic heterocycles. The van der Waals surface area contributed by atoms with Gasteiger partial charge < -0.3 is 10.1 Å². The zero-order valence-electron chi connectivity index (χ0n) is 11.2. The SMILES string of the molecule is CCOCC(C)(NC1CC1)c1nc(C)c(C)s1. The van der Waals surface area contributed by atoms with Gasteiger partial charge in [0.25, 0.3) is 0 Å². The molecular formula is C13H22N2OS. The maximum Gasteiger partial charge on any atom is 0.115 e. The Labute approximate surface area is 108 Å². The molecule has 1 aliphatic rings. The summed E-state index contributed by atoms with van der Waals surface area (Å²) in [7, 11) is 0. The van der Waals surface area contributed by atoms with Gasteiger partial charge in [-0.2, -0.15) is 0 Å². The number of aryl methyl sites for hydroxylation is 2. The highest BCUT2D eigenvalue weighted by Gasteiger charge is 2.36. The summed E-state index contributed by atoms with van der Waals surface area (Å²) < 4.78 is 5.64. The summed E-state index contributed by atoms with van der Waals surface area (Å²) in [5, 5.41) is 4.84. The van der Waals surface area contributed by atoms with Gasteiger partial charge in [-0.25, -0.2) is 4.98 Å². The maximum absolute atomic E-state index is 5.64. The van der Waals surface area contributed by atoms with Gasteiger partial charge in [0.2, 0.25) is 0 Å². The topological polar surface area (TPSA) is 34.1 Å². The Bertz CT molecular complexity index is 367. The molecule has 2 rings (SSSR count). The molecule has 0 spiro atoms. The molecule has 1 heterocycles. The average molecular weight is 254 g/mol. The first kappa shape index (κ1) is 13.0. The molecule has 0 bridgehead atoms. The fraction of sp³-hybridized carbons (Fsp3) is 0.769. The van der Waals surface area contributed by atoms with Crippen molar-refractivity contribution >= 4 is 11.3 Å². The third kappa shape index (κ3) is 3.06. The average Bonchev–Trinajstić information content (AvgIpc) is 3.02. The smallest absolute Gasteiger partial charge is 0.115 e. The fourth-order valence-corrected chi connectivity index (χ4v) is 2.87. The van der Waals surface area contributed by atoms with E-state index in [1.165, 1.54) is 17.7 Å². The highest BCUT2D eigenvalue weighted by Crippen LogP contribution is 2.32. The summed E-state index contributed by atoms with van der Waals surface area (Å²) in [4.78, 5) is 6.00. The minimum Gasteiger partial charge on any atom is -0.379 e. The first-order chi connectivity index (χ1) is 8.05. The van der Waals surface area contributed by atoms with Gasteiger partial charge in [-0.15, -0.1) is 11.3 Å². The minimum absolute atomic E-state index is 0.124. The molecule has 0 radical (unpaired) electrons. The second-order valence-electron chi connectivity index (χ2n) is 5.05. The van der Waals surface area contributed by atoms with Gasteiger partial charge in [-0.05, 0) is 40.5 Å². The summed E-state index contributed by atoms with van der Waals surface area (Å²) in [6, 6.07) is 0.657. The van der Waals surface area contributed by atoms with E-state index in [-0.39, 0.29) is 5.54 Å². The second-order valence-corrected chi connectivity index (χ2v) is 6.25. The Morgan fingerprint density at radius 2 is 2.18 bits per heavy atom. The summed E-state index contributed by atoms with van der Waals surface area (Å²) >= 11 is 1.79. The van der Waals surface area contributed by atoms with E-state index in [0.29, 0.717) is 12.6 Å². The van der Waals surface area contributed by atoms with E-state index in [1.807, 2.05) is 6.92 Å². The van der Waals surface area contributed by atoms with Crippen LogP contribution in [0.4, 0.5) is 0 Å². The number of ether oxygens (including phenoxy) is 1. The standard InChI is InChI=1S/C13H22N2OS/c1-5-16-8-13(4,15-11-6-7-11)12-14-9(2)10(3)17-12/h11,15H,5-8H2,1-4H3. The Balaban J connectivity index is 2.17. The van der Waals surface area contributed by atoms with Gasteiger partial charge in [0.15, 0.2) is 0 Å². The number of hydrogen-bond donors (Lipinski definition) is 1. The van der Waals surface area contributed by atoms with Gasteiger partial charge in [-0.3, -0.25) is 0 Å². The molecule has 1 N–H and O–H groups in total. The molecule has 0 amide bonds. The van der Waals surface area contributed by atoms with E-state index < -0.39 is 0 Å². The van der Waals surface area contributed by atoms with Crippen molar-refractivity contribution in [2.45, 2.75) is 52.1 Å². The number of hydrogen-bond acceptors (Lipinski definition) is 4. The number of aromatic nitrogens is 1. The quantitative estimate of drug-likeness (QED) is 0.847. The Morgan fingerprint density at radius 3 is 2.65 bits per heavy atom. The molecule has 1 aromatic heterocycles. The molecule has 3 nitrogen and oxygen atoms in total. The third-order valence-electron chi connectivity index (χ3n) is 3.20. The van der Waals surface area contributed by atoms with Crippen LogP contribution >= 0.6 is 11.3 Å². The first-order valence-corrected chi connectivity index (χ1v) is 7.17. The van der Waals surface area contributed by atoms with Crippen molar-refractivity contribution in [2.75, 3.05) is 13.2 Å². The maximum atomic E-state index is 5.64. The van der Waals surface area contributed by atoms with E-state index in [0.717, 1.165) is 17.3 Å². The van der Waals surface area contributed by atoms with Crippen LogP contribution in [0.15, 0.2) is 0 Å². The summed E-state index contributed by atoms with van der Waals surface area (Å²) in [5.74, 6) is 0. The number of thiazole rings is 1. The fourth-order valence-electron chi connectivity index (χ4n) is 1.86. The largest absolute Gasteiger partial charge is 0.379 e. The van der Waals surface area contributed by atoms with Crippen molar-refractivity contribution in [3.05, 3.63) is 15.6 Å². The number of nitrogens with zero attached hydrogens (tertiary/aromatic N) is 1. The molecule has 1 unspecified atom stereocenters. The van der Waals surface area contributed by atoms with Crippen LogP contribution < -0.4 is 5.32 Å². The van der Waals surface area contributed by atoms with E-state index in [9.17, 15) is 0 Å². The molecule has 1 saturated carbocycles. The molecule has 1 aliphatic carbocycles. The van der Waals surface area contributed by atoms with Crippen LogP contribution in [0, 0.1) is 13.8 Å². The predicted octanol–water partition coefficient (Wildman–Crippen LogP) is 2.76. The summed E-state index contributed by atoms with van der Waals surface area (Å²) in [6.45, 7) is 9.91. The minimum atomic E-state index is -0.124. The molecule has 1 atom stereocenters. The predicted molar refractivity (Wildman–Crippen MR) is 71.6 cm³/mol. The van der Waals surface area contributed by atoms with Crippen LogP contribution in [0.25, 0.3) is 0 Å². The highest BCUT2D eigenvalue weighted by molar-refractivity contribution is 7.11. The molecule has 96 valence electrons. The van der Waals surface area contributed by atoms with Crippen LogP contribution in [0.5, 0.6) is 0 Å². The van der Waals surface area contributed by atoms with Crippen molar-refractivity contribution in [1.29, 1.82) is 0 Å². The lowest BCUT2D eigenvalue weighted by Crippen LogP contribution is -2.45. The van der Waals surface area contributed by atoms with E-state index in [4.69, 9.17) is 9.72 Å². The normalized spacial score (nSPS) is 19.3. The lowest BCUT2D eigenvalue weighted by atomic mass is 10.0. The Morgan fingerprint density at radius 1 is 1.47 bits per heavy atom. The zero-order valence-corrected chi connectivity index (χ0v) is 12.0. The van der Waals surface area contributed by atoms with Crippen LogP contribution in [0.2, 0.25) is 0 Å². The van der Waals surface area contributed by atoms with Crippen LogP contribution in [-0.4, -0.2) is 24.2 Å². The van der Waals surface area contributed by atoms with Crippen molar-refractivity contribution in [1.82, 2.24) is 10.3 Å². The van der Waals surface area contributed by atoms with E-state index in [2.05, 4.69) is 26.1 Å². The summed E-state index contributed by atoms with van der Waals surface area (Å²) in [6.07, 6.45) is 2.57. The Kier molecular flexibility index (Phi) is 3.85. The second kappa shape index (κ2) is 5.04. The van der Waals surface area contributed by atoms with E-state index in [1.54, 1.807) is 11.3 Å². The monoisotopic (exact) mass is 254 g/mol. The van der Waals surface area contributed by atoms with Crippen LogP contribution in [0.3, 0.4) is 0 Å².